The van der Waals surface area contributed by atoms with E-state index in [4.69, 9.17) is 0 Å². The molecule has 1 fully saturated rings. The van der Waals surface area contributed by atoms with Crippen molar-refractivity contribution in [2.45, 2.75) is 70.8 Å². The average molecular weight is 300 g/mol. The zero-order valence-electron chi connectivity index (χ0n) is 12.8. The third-order valence-electron chi connectivity index (χ3n) is 4.09. The van der Waals surface area contributed by atoms with Crippen LogP contribution in [0.15, 0.2) is 0 Å². The van der Waals surface area contributed by atoms with Crippen LogP contribution in [0.2, 0.25) is 0 Å². The van der Waals surface area contributed by atoms with Gasteiger partial charge in [0.1, 0.15) is 5.54 Å². The molecule has 0 aromatic carbocycles. The fourth-order valence-electron chi connectivity index (χ4n) is 2.46. The highest BCUT2D eigenvalue weighted by atomic mass is 32.1. The fraction of sp³-hybridized carbons (Fsp3) is 0.867. The smallest absolute Gasteiger partial charge is 0.323 e. The molecule has 0 saturated carbocycles. The van der Waals surface area contributed by atoms with Crippen LogP contribution in [0, 0.1) is 0 Å². The molecule has 1 aliphatic rings. The van der Waals surface area contributed by atoms with E-state index in [1.54, 1.807) is 6.92 Å². The molecule has 0 spiro atoms. The SMILES string of the molecule is CCC1(C)NC(=O)N(CCCCCCCCCS)C1=O. The highest BCUT2D eigenvalue weighted by Crippen LogP contribution is 2.21. The summed E-state index contributed by atoms with van der Waals surface area (Å²) in [6, 6.07) is -0.229. The number of carbonyl (C=O) groups excluding carboxylic acids is 2. The number of thiol groups is 1. The maximum Gasteiger partial charge on any atom is 0.325 e. The summed E-state index contributed by atoms with van der Waals surface area (Å²) >= 11 is 4.19. The van der Waals surface area contributed by atoms with Gasteiger partial charge < -0.3 is 5.32 Å². The summed E-state index contributed by atoms with van der Waals surface area (Å²) in [7, 11) is 0. The van der Waals surface area contributed by atoms with Crippen molar-refractivity contribution < 1.29 is 9.59 Å². The highest BCUT2D eigenvalue weighted by molar-refractivity contribution is 7.80. The van der Waals surface area contributed by atoms with Crippen LogP contribution in [0.3, 0.4) is 0 Å². The van der Waals surface area contributed by atoms with E-state index in [0.717, 1.165) is 18.6 Å². The Morgan fingerprint density at radius 2 is 1.60 bits per heavy atom. The van der Waals surface area contributed by atoms with E-state index in [0.29, 0.717) is 13.0 Å². The third kappa shape index (κ3) is 4.69. The summed E-state index contributed by atoms with van der Waals surface area (Å²) < 4.78 is 0. The van der Waals surface area contributed by atoms with Crippen LogP contribution in [0.4, 0.5) is 4.79 Å². The molecule has 3 amide bonds. The molecule has 1 aliphatic heterocycles. The second-order valence-corrected chi connectivity index (χ2v) is 6.22. The predicted octanol–water partition coefficient (Wildman–Crippen LogP) is 3.37. The van der Waals surface area contributed by atoms with Gasteiger partial charge in [-0.15, -0.1) is 0 Å². The standard InChI is InChI=1S/C15H28N2O2S/c1-3-15(2)13(18)17(14(19)16-15)11-9-7-5-4-6-8-10-12-20/h20H,3-12H2,1-2H3,(H,16,19). The first-order valence-electron chi connectivity index (χ1n) is 7.80. The number of amides is 3. The van der Waals surface area contributed by atoms with Crippen LogP contribution < -0.4 is 5.32 Å². The Labute approximate surface area is 128 Å². The maximum absolute atomic E-state index is 12.1. The van der Waals surface area contributed by atoms with Crippen LogP contribution in [-0.4, -0.2) is 34.7 Å². The molecular weight excluding hydrogens is 272 g/mol. The zero-order valence-corrected chi connectivity index (χ0v) is 13.7. The van der Waals surface area contributed by atoms with E-state index < -0.39 is 5.54 Å². The van der Waals surface area contributed by atoms with Crippen molar-refractivity contribution in [3.8, 4) is 0 Å². The van der Waals surface area contributed by atoms with Gasteiger partial charge in [-0.1, -0.05) is 39.0 Å². The minimum atomic E-state index is -0.691. The number of hydrogen-bond acceptors (Lipinski definition) is 3. The maximum atomic E-state index is 12.1. The average Bonchev–Trinajstić information content (AvgIpc) is 2.65. The summed E-state index contributed by atoms with van der Waals surface area (Å²) in [5, 5.41) is 2.79. The third-order valence-corrected chi connectivity index (χ3v) is 4.41. The molecule has 116 valence electrons. The van der Waals surface area contributed by atoms with Gasteiger partial charge in [0.05, 0.1) is 0 Å². The Morgan fingerprint density at radius 1 is 1.05 bits per heavy atom. The van der Waals surface area contributed by atoms with Gasteiger partial charge in [-0.25, -0.2) is 4.79 Å². The molecule has 0 aromatic heterocycles. The molecule has 1 N–H and O–H groups in total. The molecule has 0 aliphatic carbocycles. The Hall–Kier alpha value is -0.710. The number of unbranched alkanes of at least 4 members (excludes halogenated alkanes) is 6. The molecule has 1 atom stereocenters. The molecule has 4 nitrogen and oxygen atoms in total. The summed E-state index contributed by atoms with van der Waals surface area (Å²) in [6.07, 6.45) is 8.76. The van der Waals surface area contributed by atoms with Gasteiger partial charge >= 0.3 is 6.03 Å². The lowest BCUT2D eigenvalue weighted by Crippen LogP contribution is -2.43. The Balaban J connectivity index is 2.16. The number of urea groups is 1. The highest BCUT2D eigenvalue weighted by Gasteiger charge is 2.45. The fourth-order valence-corrected chi connectivity index (χ4v) is 2.68. The lowest BCUT2D eigenvalue weighted by molar-refractivity contribution is -0.130. The van der Waals surface area contributed by atoms with Crippen molar-refractivity contribution in [3.05, 3.63) is 0 Å². The summed E-state index contributed by atoms with van der Waals surface area (Å²) in [5.74, 6) is 0.904. The lowest BCUT2D eigenvalue weighted by atomic mass is 9.99. The van der Waals surface area contributed by atoms with E-state index >= 15 is 0 Å². The Bertz CT molecular complexity index is 336. The van der Waals surface area contributed by atoms with Gasteiger partial charge in [-0.3, -0.25) is 9.69 Å². The first-order valence-corrected chi connectivity index (χ1v) is 8.43. The second-order valence-electron chi connectivity index (χ2n) is 5.77. The van der Waals surface area contributed by atoms with Crippen molar-refractivity contribution in [2.75, 3.05) is 12.3 Å². The first kappa shape index (κ1) is 17.3. The topological polar surface area (TPSA) is 49.4 Å². The Morgan fingerprint density at radius 3 is 2.10 bits per heavy atom. The quantitative estimate of drug-likeness (QED) is 0.369. The van der Waals surface area contributed by atoms with Gasteiger partial charge in [0.25, 0.3) is 5.91 Å². The minimum Gasteiger partial charge on any atom is -0.323 e. The van der Waals surface area contributed by atoms with E-state index in [-0.39, 0.29) is 11.9 Å². The van der Waals surface area contributed by atoms with Gasteiger partial charge in [0, 0.05) is 6.54 Å². The molecule has 20 heavy (non-hydrogen) atoms. The van der Waals surface area contributed by atoms with Gasteiger partial charge in [0.15, 0.2) is 0 Å². The molecule has 1 unspecified atom stereocenters. The van der Waals surface area contributed by atoms with Crippen LogP contribution in [0.1, 0.15) is 65.2 Å². The van der Waals surface area contributed by atoms with Crippen LogP contribution in [-0.2, 0) is 4.79 Å². The van der Waals surface area contributed by atoms with Crippen molar-refractivity contribution in [1.29, 1.82) is 0 Å². The molecule has 5 heteroatoms. The van der Waals surface area contributed by atoms with Gasteiger partial charge in [-0.2, -0.15) is 12.6 Å². The first-order chi connectivity index (χ1) is 9.55. The number of nitrogens with zero attached hydrogens (tertiary/aromatic N) is 1. The van der Waals surface area contributed by atoms with Gasteiger partial charge in [0.2, 0.25) is 0 Å². The minimum absolute atomic E-state index is 0.0706. The molecular formula is C15H28N2O2S. The van der Waals surface area contributed by atoms with Crippen molar-refractivity contribution in [2.24, 2.45) is 0 Å². The van der Waals surface area contributed by atoms with Crippen LogP contribution in [0.25, 0.3) is 0 Å². The predicted molar refractivity (Wildman–Crippen MR) is 85.1 cm³/mol. The molecule has 1 rings (SSSR count). The number of hydrogen-bond donors (Lipinski definition) is 2. The molecule has 1 saturated heterocycles. The summed E-state index contributed by atoms with van der Waals surface area (Å²) in [6.45, 7) is 4.28. The van der Waals surface area contributed by atoms with Crippen LogP contribution in [0.5, 0.6) is 0 Å². The summed E-state index contributed by atoms with van der Waals surface area (Å²) in [4.78, 5) is 25.3. The zero-order chi connectivity index (χ0) is 15.0. The van der Waals surface area contributed by atoms with Crippen LogP contribution >= 0.6 is 12.6 Å². The molecule has 0 bridgehead atoms. The van der Waals surface area contributed by atoms with Gasteiger partial charge in [-0.05, 0) is 31.9 Å². The lowest BCUT2D eigenvalue weighted by Gasteiger charge is -2.19. The van der Waals surface area contributed by atoms with E-state index in [1.165, 1.54) is 37.0 Å². The normalized spacial score (nSPS) is 22.4. The van der Waals surface area contributed by atoms with Crippen molar-refractivity contribution in [3.63, 3.8) is 0 Å². The molecule has 0 aromatic rings. The number of nitrogens with one attached hydrogen (secondary N) is 1. The van der Waals surface area contributed by atoms with Crippen molar-refractivity contribution >= 4 is 24.6 Å². The Kier molecular flexibility index (Phi) is 7.41. The number of carbonyl (C=O) groups is 2. The monoisotopic (exact) mass is 300 g/mol. The molecule has 0 radical (unpaired) electrons. The molecule has 1 heterocycles. The van der Waals surface area contributed by atoms with E-state index in [1.807, 2.05) is 6.92 Å². The number of rotatable bonds is 10. The van der Waals surface area contributed by atoms with E-state index in [2.05, 4.69) is 17.9 Å². The van der Waals surface area contributed by atoms with Crippen molar-refractivity contribution in [1.82, 2.24) is 10.2 Å². The number of imide groups is 1. The second kappa shape index (κ2) is 8.55. The van der Waals surface area contributed by atoms with E-state index in [9.17, 15) is 9.59 Å². The largest absolute Gasteiger partial charge is 0.325 e. The summed E-state index contributed by atoms with van der Waals surface area (Å²) in [5.41, 5.74) is -0.691.